The highest BCUT2D eigenvalue weighted by Crippen LogP contribution is 2.15. The molecule has 0 fully saturated rings. The third-order valence-corrected chi connectivity index (χ3v) is 1.95. The molecule has 6 N–H and O–H groups in total. The van der Waals surface area contributed by atoms with Crippen LogP contribution in [0.2, 0.25) is 0 Å². The van der Waals surface area contributed by atoms with Crippen molar-refractivity contribution in [2.45, 2.75) is 6.92 Å². The first kappa shape index (κ1) is 12.0. The summed E-state index contributed by atoms with van der Waals surface area (Å²) in [5, 5.41) is 0. The summed E-state index contributed by atoms with van der Waals surface area (Å²) >= 11 is 0. The van der Waals surface area contributed by atoms with Crippen LogP contribution in [0.25, 0.3) is 5.70 Å². The van der Waals surface area contributed by atoms with Gasteiger partial charge < -0.3 is 21.9 Å². The first-order chi connectivity index (χ1) is 7.63. The minimum absolute atomic E-state index is 0.230. The van der Waals surface area contributed by atoms with Crippen molar-refractivity contribution < 1.29 is 4.74 Å². The molecule has 0 heterocycles. The van der Waals surface area contributed by atoms with Gasteiger partial charge in [0.05, 0.1) is 12.4 Å². The second kappa shape index (κ2) is 5.70. The molecular weight excluding hydrogens is 202 g/mol. The van der Waals surface area contributed by atoms with Crippen LogP contribution < -0.4 is 21.9 Å². The number of ether oxygens (including phenoxy) is 1. The first-order valence-electron chi connectivity index (χ1n) is 5.05. The van der Waals surface area contributed by atoms with Gasteiger partial charge in [-0.05, 0) is 48.9 Å². The minimum atomic E-state index is 0.230. The predicted octanol–water partition coefficient (Wildman–Crippen LogP) is 1.14. The summed E-state index contributed by atoms with van der Waals surface area (Å²) in [5.41, 5.74) is 17.9. The highest BCUT2D eigenvalue weighted by molar-refractivity contribution is 5.64. The Hall–Kier alpha value is -2.10. The molecule has 86 valence electrons. The van der Waals surface area contributed by atoms with Gasteiger partial charge in [-0.3, -0.25) is 0 Å². The van der Waals surface area contributed by atoms with Crippen molar-refractivity contribution in [1.82, 2.24) is 0 Å². The molecule has 0 spiro atoms. The van der Waals surface area contributed by atoms with Crippen LogP contribution in [0.15, 0.2) is 42.2 Å². The van der Waals surface area contributed by atoms with Gasteiger partial charge in [0.15, 0.2) is 0 Å². The van der Waals surface area contributed by atoms with Crippen LogP contribution in [0.4, 0.5) is 0 Å². The number of allylic oxidation sites excluding steroid dienone is 2. The lowest BCUT2D eigenvalue weighted by molar-refractivity contribution is 0.340. The van der Waals surface area contributed by atoms with E-state index in [4.69, 9.17) is 21.9 Å². The molecule has 0 unspecified atom stereocenters. The Morgan fingerprint density at radius 2 is 1.75 bits per heavy atom. The van der Waals surface area contributed by atoms with E-state index in [1.807, 2.05) is 31.2 Å². The van der Waals surface area contributed by atoms with Crippen molar-refractivity contribution >= 4 is 5.70 Å². The molecule has 0 saturated carbocycles. The van der Waals surface area contributed by atoms with E-state index in [2.05, 4.69) is 0 Å². The number of nitrogens with two attached hydrogens (primary N) is 3. The molecule has 0 saturated heterocycles. The Labute approximate surface area is 95.4 Å². The smallest absolute Gasteiger partial charge is 0.119 e. The fourth-order valence-electron chi connectivity index (χ4n) is 1.19. The van der Waals surface area contributed by atoms with Gasteiger partial charge in [0.25, 0.3) is 0 Å². The lowest BCUT2D eigenvalue weighted by Gasteiger charge is -2.04. The molecule has 0 atom stereocenters. The summed E-state index contributed by atoms with van der Waals surface area (Å²) in [5.74, 6) is 1.06. The highest BCUT2D eigenvalue weighted by atomic mass is 16.5. The van der Waals surface area contributed by atoms with E-state index < -0.39 is 0 Å². The fraction of sp³-hybridized carbons (Fsp3) is 0.167. The van der Waals surface area contributed by atoms with Crippen molar-refractivity contribution in [1.29, 1.82) is 0 Å². The molecule has 4 nitrogen and oxygen atoms in total. The topological polar surface area (TPSA) is 87.3 Å². The summed E-state index contributed by atoms with van der Waals surface area (Å²) in [4.78, 5) is 0. The van der Waals surface area contributed by atoms with E-state index in [-0.39, 0.29) is 5.82 Å². The normalized spacial score (nSPS) is 10.9. The molecule has 1 aromatic rings. The molecular formula is C12H17N3O. The third-order valence-electron chi connectivity index (χ3n) is 1.95. The van der Waals surface area contributed by atoms with E-state index in [1.165, 1.54) is 0 Å². The maximum absolute atomic E-state index is 5.83. The Balaban J connectivity index is 2.81. The average Bonchev–Trinajstić information content (AvgIpc) is 2.27. The lowest BCUT2D eigenvalue weighted by Crippen LogP contribution is -2.07. The van der Waals surface area contributed by atoms with E-state index in [0.29, 0.717) is 12.3 Å². The number of rotatable bonds is 4. The van der Waals surface area contributed by atoms with E-state index in [9.17, 15) is 0 Å². The molecule has 0 aromatic heterocycles. The van der Waals surface area contributed by atoms with Crippen LogP contribution in [0, 0.1) is 0 Å². The molecule has 4 heteroatoms. The van der Waals surface area contributed by atoms with Crippen LogP contribution in [-0.4, -0.2) is 6.61 Å². The maximum atomic E-state index is 5.83. The van der Waals surface area contributed by atoms with Crippen LogP contribution in [0.3, 0.4) is 0 Å². The number of benzene rings is 1. The van der Waals surface area contributed by atoms with Gasteiger partial charge in [-0.15, -0.1) is 0 Å². The van der Waals surface area contributed by atoms with Gasteiger partial charge in [0, 0.05) is 5.70 Å². The van der Waals surface area contributed by atoms with Crippen molar-refractivity contribution in [3.63, 3.8) is 0 Å². The second-order valence-electron chi connectivity index (χ2n) is 3.25. The van der Waals surface area contributed by atoms with Crippen LogP contribution >= 0.6 is 0 Å². The van der Waals surface area contributed by atoms with E-state index in [1.54, 1.807) is 12.2 Å². The predicted molar refractivity (Wildman–Crippen MR) is 66.2 cm³/mol. The molecule has 1 aromatic carbocycles. The largest absolute Gasteiger partial charge is 0.494 e. The summed E-state index contributed by atoms with van der Waals surface area (Å²) in [6.07, 6.45) is 3.23. The van der Waals surface area contributed by atoms with E-state index >= 15 is 0 Å². The quantitative estimate of drug-likeness (QED) is 0.663. The molecule has 0 aliphatic rings. The summed E-state index contributed by atoms with van der Waals surface area (Å²) in [6, 6.07) is 7.51. The van der Waals surface area contributed by atoms with Gasteiger partial charge in [0.2, 0.25) is 0 Å². The standard InChI is InChI=1S/C12H17N3O/c1-2-16-10-5-3-9(4-6-10)11(13)7-8-12(14)15/h3-8H,2,13-15H2,1H3/b11-7-. The van der Waals surface area contributed by atoms with Crippen LogP contribution in [0.5, 0.6) is 5.75 Å². The number of hydrogen-bond acceptors (Lipinski definition) is 4. The van der Waals surface area contributed by atoms with Gasteiger partial charge in [-0.2, -0.15) is 0 Å². The molecule has 16 heavy (non-hydrogen) atoms. The monoisotopic (exact) mass is 219 g/mol. The van der Waals surface area contributed by atoms with E-state index in [0.717, 1.165) is 11.3 Å². The Kier molecular flexibility index (Phi) is 4.27. The zero-order chi connectivity index (χ0) is 12.0. The van der Waals surface area contributed by atoms with Crippen LogP contribution in [0.1, 0.15) is 12.5 Å². The Morgan fingerprint density at radius 3 is 2.25 bits per heavy atom. The number of hydrogen-bond donors (Lipinski definition) is 3. The fourth-order valence-corrected chi connectivity index (χ4v) is 1.19. The Bertz CT molecular complexity index is 389. The Morgan fingerprint density at radius 1 is 1.12 bits per heavy atom. The van der Waals surface area contributed by atoms with Gasteiger partial charge in [-0.25, -0.2) is 0 Å². The minimum Gasteiger partial charge on any atom is -0.494 e. The summed E-state index contributed by atoms with van der Waals surface area (Å²) in [6.45, 7) is 2.59. The molecule has 0 aliphatic heterocycles. The SMILES string of the molecule is CCOc1ccc(/C(N)=C/C=C(N)N)cc1. The van der Waals surface area contributed by atoms with Gasteiger partial charge >= 0.3 is 0 Å². The molecule has 0 bridgehead atoms. The zero-order valence-electron chi connectivity index (χ0n) is 9.31. The molecule has 0 amide bonds. The van der Waals surface area contributed by atoms with Crippen molar-refractivity contribution in [3.8, 4) is 5.75 Å². The van der Waals surface area contributed by atoms with Crippen molar-refractivity contribution in [2.24, 2.45) is 17.2 Å². The van der Waals surface area contributed by atoms with Crippen molar-refractivity contribution in [2.75, 3.05) is 6.61 Å². The zero-order valence-corrected chi connectivity index (χ0v) is 9.31. The van der Waals surface area contributed by atoms with Crippen LogP contribution in [-0.2, 0) is 0 Å². The maximum Gasteiger partial charge on any atom is 0.119 e. The first-order valence-corrected chi connectivity index (χ1v) is 5.05. The average molecular weight is 219 g/mol. The lowest BCUT2D eigenvalue weighted by atomic mass is 10.1. The van der Waals surface area contributed by atoms with Crippen molar-refractivity contribution in [3.05, 3.63) is 47.8 Å². The highest BCUT2D eigenvalue weighted by Gasteiger charge is 1.96. The molecule has 0 aliphatic carbocycles. The van der Waals surface area contributed by atoms with Gasteiger partial charge in [0.1, 0.15) is 5.75 Å². The summed E-state index contributed by atoms with van der Waals surface area (Å²) < 4.78 is 5.33. The molecule has 0 radical (unpaired) electrons. The van der Waals surface area contributed by atoms with Gasteiger partial charge in [-0.1, -0.05) is 0 Å². The second-order valence-corrected chi connectivity index (χ2v) is 3.25. The third kappa shape index (κ3) is 3.57. The molecule has 1 rings (SSSR count). The summed E-state index contributed by atoms with van der Waals surface area (Å²) in [7, 11) is 0.